The van der Waals surface area contributed by atoms with E-state index in [9.17, 15) is 19.7 Å². The summed E-state index contributed by atoms with van der Waals surface area (Å²) < 4.78 is 0. The molecule has 0 heterocycles. The van der Waals surface area contributed by atoms with Gasteiger partial charge in [-0.25, -0.2) is 0 Å². The molecule has 8 heteroatoms. The summed E-state index contributed by atoms with van der Waals surface area (Å²) in [5.41, 5.74) is 2.85. The van der Waals surface area contributed by atoms with Gasteiger partial charge < -0.3 is 16.0 Å². The smallest absolute Gasteiger partial charge is 0.293 e. The van der Waals surface area contributed by atoms with Crippen LogP contribution >= 0.6 is 0 Å². The molecular weight excluding hydrogens is 408 g/mol. The lowest BCUT2D eigenvalue weighted by molar-refractivity contribution is -0.384. The van der Waals surface area contributed by atoms with Crippen LogP contribution in [0.15, 0.2) is 72.8 Å². The number of nitro benzene ring substituents is 1. The lowest BCUT2D eigenvalue weighted by atomic mass is 10.1. The van der Waals surface area contributed by atoms with Gasteiger partial charge in [-0.1, -0.05) is 55.5 Å². The van der Waals surface area contributed by atoms with Crippen LogP contribution in [-0.4, -0.2) is 23.3 Å². The Morgan fingerprint density at radius 3 is 2.38 bits per heavy atom. The van der Waals surface area contributed by atoms with Crippen molar-refractivity contribution in [3.8, 4) is 0 Å². The molecule has 8 nitrogen and oxygen atoms in total. The number of hydrogen-bond acceptors (Lipinski definition) is 5. The van der Waals surface area contributed by atoms with Gasteiger partial charge in [0.05, 0.1) is 11.5 Å². The minimum absolute atomic E-state index is 0.101. The Bertz CT molecular complexity index is 1120. The Balaban J connectivity index is 1.62. The van der Waals surface area contributed by atoms with Gasteiger partial charge in [-0.3, -0.25) is 19.7 Å². The molecule has 0 radical (unpaired) electrons. The van der Waals surface area contributed by atoms with E-state index in [1.165, 1.54) is 18.2 Å². The van der Waals surface area contributed by atoms with Gasteiger partial charge in [0.1, 0.15) is 5.69 Å². The second kappa shape index (κ2) is 10.7. The molecule has 3 aromatic carbocycles. The largest absolute Gasteiger partial charge is 0.375 e. The van der Waals surface area contributed by atoms with Crippen molar-refractivity contribution in [1.82, 2.24) is 5.32 Å². The number of nitro groups is 1. The Hall–Kier alpha value is -4.20. The predicted octanol–water partition coefficient (Wildman–Crippen LogP) is 4.14. The number of hydrogen-bond donors (Lipinski definition) is 3. The second-order valence-electron chi connectivity index (χ2n) is 7.07. The van der Waals surface area contributed by atoms with Gasteiger partial charge in [0, 0.05) is 23.9 Å². The fourth-order valence-corrected chi connectivity index (χ4v) is 3.17. The molecular formula is C24H24N4O4. The topological polar surface area (TPSA) is 113 Å². The van der Waals surface area contributed by atoms with Gasteiger partial charge >= 0.3 is 0 Å². The average Bonchev–Trinajstić information content (AvgIpc) is 2.82. The van der Waals surface area contributed by atoms with E-state index >= 15 is 0 Å². The molecule has 3 N–H and O–H groups in total. The molecule has 164 valence electrons. The fourth-order valence-electron chi connectivity index (χ4n) is 3.17. The van der Waals surface area contributed by atoms with Gasteiger partial charge in [0.2, 0.25) is 5.91 Å². The zero-order chi connectivity index (χ0) is 22.9. The van der Waals surface area contributed by atoms with Gasteiger partial charge in [0.25, 0.3) is 11.6 Å². The van der Waals surface area contributed by atoms with Crippen molar-refractivity contribution in [2.24, 2.45) is 0 Å². The first-order chi connectivity index (χ1) is 15.5. The third-order valence-electron chi connectivity index (χ3n) is 4.86. The van der Waals surface area contributed by atoms with Crippen LogP contribution in [0.25, 0.3) is 0 Å². The molecule has 0 unspecified atom stereocenters. The fraction of sp³-hybridized carbons (Fsp3) is 0.167. The summed E-state index contributed by atoms with van der Waals surface area (Å²) in [6, 6.07) is 21.1. The third-order valence-corrected chi connectivity index (χ3v) is 4.86. The lowest BCUT2D eigenvalue weighted by Gasteiger charge is -2.11. The van der Waals surface area contributed by atoms with Gasteiger partial charge in [-0.05, 0) is 35.7 Å². The Morgan fingerprint density at radius 2 is 1.66 bits per heavy atom. The molecule has 0 saturated carbocycles. The zero-order valence-electron chi connectivity index (χ0n) is 17.6. The van der Waals surface area contributed by atoms with E-state index in [4.69, 9.17) is 0 Å². The van der Waals surface area contributed by atoms with Crippen LogP contribution in [-0.2, 0) is 17.8 Å². The van der Waals surface area contributed by atoms with E-state index < -0.39 is 10.8 Å². The van der Waals surface area contributed by atoms with Crippen molar-refractivity contribution < 1.29 is 14.5 Å². The van der Waals surface area contributed by atoms with E-state index in [1.54, 1.807) is 6.07 Å². The van der Waals surface area contributed by atoms with Crippen molar-refractivity contribution in [3.05, 3.63) is 99.6 Å². The maximum absolute atomic E-state index is 12.5. The van der Waals surface area contributed by atoms with Gasteiger partial charge in [-0.15, -0.1) is 0 Å². The summed E-state index contributed by atoms with van der Waals surface area (Å²) in [5, 5.41) is 19.8. The summed E-state index contributed by atoms with van der Waals surface area (Å²) in [7, 11) is 0. The van der Waals surface area contributed by atoms with Crippen LogP contribution in [0.3, 0.4) is 0 Å². The summed E-state index contributed by atoms with van der Waals surface area (Å²) in [6.45, 7) is 2.14. The Labute approximate surface area is 185 Å². The molecule has 32 heavy (non-hydrogen) atoms. The average molecular weight is 432 g/mol. The third kappa shape index (κ3) is 5.91. The molecule has 0 saturated heterocycles. The number of benzene rings is 3. The summed E-state index contributed by atoms with van der Waals surface area (Å²) in [5.74, 6) is -0.948. The monoisotopic (exact) mass is 432 g/mol. The Kier molecular flexibility index (Phi) is 7.53. The second-order valence-corrected chi connectivity index (χ2v) is 7.07. The van der Waals surface area contributed by atoms with Crippen molar-refractivity contribution in [3.63, 3.8) is 0 Å². The van der Waals surface area contributed by atoms with E-state index in [-0.39, 0.29) is 23.7 Å². The molecule has 0 aliphatic heterocycles. The predicted molar refractivity (Wildman–Crippen MR) is 124 cm³/mol. The molecule has 2 amide bonds. The van der Waals surface area contributed by atoms with E-state index in [2.05, 4.69) is 16.0 Å². The standard InChI is InChI=1S/C24H24N4O4/c1-2-18-10-6-7-11-20(18)27-23(29)16-26-24(30)19-12-13-21(22(14-19)28(31)32)25-15-17-8-4-3-5-9-17/h3-14,25H,2,15-16H2,1H3,(H,26,30)(H,27,29). The number of para-hydroxylation sites is 1. The minimum Gasteiger partial charge on any atom is -0.375 e. The molecule has 0 spiro atoms. The number of nitrogens with one attached hydrogen (secondary N) is 3. The molecule has 3 aromatic rings. The van der Waals surface area contributed by atoms with Gasteiger partial charge in [-0.2, -0.15) is 0 Å². The molecule has 0 bridgehead atoms. The molecule has 3 rings (SSSR count). The number of aryl methyl sites for hydroxylation is 1. The first-order valence-electron chi connectivity index (χ1n) is 10.2. The summed E-state index contributed by atoms with van der Waals surface area (Å²) >= 11 is 0. The highest BCUT2D eigenvalue weighted by Gasteiger charge is 2.18. The number of carbonyl (C=O) groups excluding carboxylic acids is 2. The number of anilines is 2. The maximum atomic E-state index is 12.5. The minimum atomic E-state index is -0.568. The summed E-state index contributed by atoms with van der Waals surface area (Å²) in [4.78, 5) is 35.6. The van der Waals surface area contributed by atoms with E-state index in [0.29, 0.717) is 17.9 Å². The normalized spacial score (nSPS) is 10.3. The number of amides is 2. The first kappa shape index (κ1) is 22.5. The van der Waals surface area contributed by atoms with Crippen molar-refractivity contribution in [2.45, 2.75) is 19.9 Å². The quantitative estimate of drug-likeness (QED) is 0.347. The van der Waals surface area contributed by atoms with Crippen molar-refractivity contribution in [2.75, 3.05) is 17.2 Å². The Morgan fingerprint density at radius 1 is 0.938 bits per heavy atom. The van der Waals surface area contributed by atoms with E-state index in [0.717, 1.165) is 17.5 Å². The van der Waals surface area contributed by atoms with Crippen LogP contribution in [0, 0.1) is 10.1 Å². The summed E-state index contributed by atoms with van der Waals surface area (Å²) in [6.07, 6.45) is 0.761. The van der Waals surface area contributed by atoms with Crippen LogP contribution in [0.1, 0.15) is 28.4 Å². The van der Waals surface area contributed by atoms with E-state index in [1.807, 2.05) is 55.5 Å². The number of nitrogens with zero attached hydrogens (tertiary/aromatic N) is 1. The van der Waals surface area contributed by atoms with Crippen molar-refractivity contribution in [1.29, 1.82) is 0 Å². The molecule has 0 aromatic heterocycles. The van der Waals surface area contributed by atoms with Crippen LogP contribution < -0.4 is 16.0 Å². The lowest BCUT2D eigenvalue weighted by Crippen LogP contribution is -2.33. The van der Waals surface area contributed by atoms with Gasteiger partial charge in [0.15, 0.2) is 0 Å². The maximum Gasteiger partial charge on any atom is 0.293 e. The number of carbonyl (C=O) groups is 2. The first-order valence-corrected chi connectivity index (χ1v) is 10.2. The molecule has 0 aliphatic rings. The molecule has 0 atom stereocenters. The van der Waals surface area contributed by atoms with Crippen LogP contribution in [0.4, 0.5) is 17.1 Å². The van der Waals surface area contributed by atoms with Crippen LogP contribution in [0.2, 0.25) is 0 Å². The highest BCUT2D eigenvalue weighted by molar-refractivity contribution is 6.00. The molecule has 0 fully saturated rings. The highest BCUT2D eigenvalue weighted by atomic mass is 16.6. The highest BCUT2D eigenvalue weighted by Crippen LogP contribution is 2.26. The van der Waals surface area contributed by atoms with Crippen LogP contribution in [0.5, 0.6) is 0 Å². The SMILES string of the molecule is CCc1ccccc1NC(=O)CNC(=O)c1ccc(NCc2ccccc2)c([N+](=O)[O-])c1. The number of rotatable bonds is 9. The van der Waals surface area contributed by atoms with Crippen molar-refractivity contribution >= 4 is 28.9 Å². The zero-order valence-corrected chi connectivity index (χ0v) is 17.6. The molecule has 0 aliphatic carbocycles.